The molecular weight excluding hydrogens is 271 g/mol. The standard InChI is InChI=1S/C14H20F3NO2/c1-3-20-13-6-4-12(5-7-13)11(2)18-8-9-19-10-14(15,16)17/h4-7,11,18H,3,8-10H2,1-2H3. The van der Waals surface area contributed by atoms with Gasteiger partial charge in [0.2, 0.25) is 0 Å². The lowest BCUT2D eigenvalue weighted by molar-refractivity contribution is -0.173. The number of alkyl halides is 3. The average molecular weight is 291 g/mol. The van der Waals surface area contributed by atoms with E-state index in [9.17, 15) is 13.2 Å². The van der Waals surface area contributed by atoms with Crippen molar-refractivity contribution in [2.75, 3.05) is 26.4 Å². The van der Waals surface area contributed by atoms with Crippen molar-refractivity contribution in [3.05, 3.63) is 29.8 Å². The molecule has 1 aromatic carbocycles. The van der Waals surface area contributed by atoms with Crippen molar-refractivity contribution in [3.8, 4) is 5.75 Å². The molecule has 0 saturated carbocycles. The van der Waals surface area contributed by atoms with Crippen LogP contribution in [0.2, 0.25) is 0 Å². The molecule has 0 aliphatic carbocycles. The van der Waals surface area contributed by atoms with Gasteiger partial charge in [0, 0.05) is 12.6 Å². The smallest absolute Gasteiger partial charge is 0.411 e. The minimum atomic E-state index is -4.26. The van der Waals surface area contributed by atoms with Gasteiger partial charge < -0.3 is 14.8 Å². The van der Waals surface area contributed by atoms with E-state index >= 15 is 0 Å². The summed E-state index contributed by atoms with van der Waals surface area (Å²) in [7, 11) is 0. The molecule has 1 unspecified atom stereocenters. The van der Waals surface area contributed by atoms with Crippen LogP contribution in [0, 0.1) is 0 Å². The normalized spacial score (nSPS) is 13.2. The molecule has 20 heavy (non-hydrogen) atoms. The second kappa shape index (κ2) is 8.11. The highest BCUT2D eigenvalue weighted by molar-refractivity contribution is 5.28. The zero-order chi connectivity index (χ0) is 15.0. The number of halogens is 3. The van der Waals surface area contributed by atoms with Crippen molar-refractivity contribution in [3.63, 3.8) is 0 Å². The molecular formula is C14H20F3NO2. The third kappa shape index (κ3) is 6.77. The number of benzene rings is 1. The van der Waals surface area contributed by atoms with Crippen molar-refractivity contribution in [1.29, 1.82) is 0 Å². The highest BCUT2D eigenvalue weighted by atomic mass is 19.4. The summed E-state index contributed by atoms with van der Waals surface area (Å²) in [5, 5.41) is 3.10. The van der Waals surface area contributed by atoms with Crippen molar-refractivity contribution in [1.82, 2.24) is 5.32 Å². The molecule has 0 amide bonds. The molecule has 0 fully saturated rings. The maximum absolute atomic E-state index is 11.8. The Bertz CT molecular complexity index is 379. The van der Waals surface area contributed by atoms with Crippen LogP contribution in [0.3, 0.4) is 0 Å². The zero-order valence-electron chi connectivity index (χ0n) is 11.7. The number of nitrogens with one attached hydrogen (secondary N) is 1. The van der Waals surface area contributed by atoms with Gasteiger partial charge in [-0.3, -0.25) is 0 Å². The van der Waals surface area contributed by atoms with E-state index in [0.29, 0.717) is 13.2 Å². The van der Waals surface area contributed by atoms with Crippen LogP contribution in [0.25, 0.3) is 0 Å². The third-order valence-electron chi connectivity index (χ3n) is 2.65. The lowest BCUT2D eigenvalue weighted by Crippen LogP contribution is -2.25. The van der Waals surface area contributed by atoms with E-state index in [0.717, 1.165) is 11.3 Å². The van der Waals surface area contributed by atoms with Gasteiger partial charge in [-0.05, 0) is 31.5 Å². The van der Waals surface area contributed by atoms with Gasteiger partial charge in [-0.2, -0.15) is 13.2 Å². The SMILES string of the molecule is CCOc1ccc(C(C)NCCOCC(F)(F)F)cc1. The Kier molecular flexibility index (Phi) is 6.81. The molecule has 0 heterocycles. The summed E-state index contributed by atoms with van der Waals surface area (Å²) < 4.78 is 45.4. The second-order valence-corrected chi connectivity index (χ2v) is 4.35. The fourth-order valence-corrected chi connectivity index (χ4v) is 1.67. The van der Waals surface area contributed by atoms with Gasteiger partial charge >= 0.3 is 6.18 Å². The highest BCUT2D eigenvalue weighted by Crippen LogP contribution is 2.17. The molecule has 1 aromatic rings. The van der Waals surface area contributed by atoms with E-state index in [2.05, 4.69) is 10.1 Å². The molecule has 0 bridgehead atoms. The molecule has 0 aliphatic heterocycles. The Labute approximate surface area is 117 Å². The molecule has 1 N–H and O–H groups in total. The van der Waals surface area contributed by atoms with E-state index < -0.39 is 12.8 Å². The quantitative estimate of drug-likeness (QED) is 0.745. The Hall–Kier alpha value is -1.27. The van der Waals surface area contributed by atoms with Gasteiger partial charge in [-0.25, -0.2) is 0 Å². The van der Waals surface area contributed by atoms with E-state index in [-0.39, 0.29) is 12.6 Å². The molecule has 1 atom stereocenters. The van der Waals surface area contributed by atoms with Gasteiger partial charge in [0.1, 0.15) is 12.4 Å². The Morgan fingerprint density at radius 1 is 1.20 bits per heavy atom. The van der Waals surface area contributed by atoms with Crippen LogP contribution in [0.15, 0.2) is 24.3 Å². The van der Waals surface area contributed by atoms with Crippen LogP contribution in [-0.2, 0) is 4.74 Å². The van der Waals surface area contributed by atoms with Gasteiger partial charge in [0.05, 0.1) is 13.2 Å². The molecule has 0 radical (unpaired) electrons. The van der Waals surface area contributed by atoms with E-state index in [1.165, 1.54) is 0 Å². The Morgan fingerprint density at radius 2 is 1.85 bits per heavy atom. The Balaban J connectivity index is 2.26. The lowest BCUT2D eigenvalue weighted by Gasteiger charge is -2.15. The first-order valence-corrected chi connectivity index (χ1v) is 6.53. The monoisotopic (exact) mass is 291 g/mol. The first-order valence-electron chi connectivity index (χ1n) is 6.53. The van der Waals surface area contributed by atoms with Crippen LogP contribution in [0.4, 0.5) is 13.2 Å². The summed E-state index contributed by atoms with van der Waals surface area (Å²) >= 11 is 0. The maximum Gasteiger partial charge on any atom is 0.411 e. The minimum Gasteiger partial charge on any atom is -0.494 e. The molecule has 0 aromatic heterocycles. The predicted molar refractivity (Wildman–Crippen MR) is 70.9 cm³/mol. The topological polar surface area (TPSA) is 30.5 Å². The molecule has 1 rings (SSSR count). The fraction of sp³-hybridized carbons (Fsp3) is 0.571. The van der Waals surface area contributed by atoms with Gasteiger partial charge in [-0.1, -0.05) is 12.1 Å². The summed E-state index contributed by atoms with van der Waals surface area (Å²) in [5.41, 5.74) is 1.05. The van der Waals surface area contributed by atoms with Gasteiger partial charge in [0.25, 0.3) is 0 Å². The fourth-order valence-electron chi connectivity index (χ4n) is 1.67. The van der Waals surface area contributed by atoms with Crippen LogP contribution >= 0.6 is 0 Å². The van der Waals surface area contributed by atoms with Gasteiger partial charge in [-0.15, -0.1) is 0 Å². The molecule has 0 spiro atoms. The van der Waals surface area contributed by atoms with Crippen molar-refractivity contribution < 1.29 is 22.6 Å². The summed E-state index contributed by atoms with van der Waals surface area (Å²) in [4.78, 5) is 0. The first kappa shape index (κ1) is 16.8. The van der Waals surface area contributed by atoms with E-state index in [4.69, 9.17) is 4.74 Å². The second-order valence-electron chi connectivity index (χ2n) is 4.35. The van der Waals surface area contributed by atoms with E-state index in [1.54, 1.807) is 0 Å². The van der Waals surface area contributed by atoms with Crippen LogP contribution in [-0.4, -0.2) is 32.5 Å². The number of rotatable bonds is 8. The molecule has 114 valence electrons. The van der Waals surface area contributed by atoms with Crippen LogP contribution in [0.5, 0.6) is 5.75 Å². The average Bonchev–Trinajstić information content (AvgIpc) is 2.38. The van der Waals surface area contributed by atoms with E-state index in [1.807, 2.05) is 38.1 Å². The number of ether oxygens (including phenoxy) is 2. The summed E-state index contributed by atoms with van der Waals surface area (Å²) in [6.45, 7) is 3.67. The largest absolute Gasteiger partial charge is 0.494 e. The predicted octanol–water partition coefficient (Wildman–Crippen LogP) is 3.31. The van der Waals surface area contributed by atoms with Crippen LogP contribution < -0.4 is 10.1 Å². The van der Waals surface area contributed by atoms with Crippen LogP contribution in [0.1, 0.15) is 25.5 Å². The van der Waals surface area contributed by atoms with Gasteiger partial charge in [0.15, 0.2) is 0 Å². The van der Waals surface area contributed by atoms with Crippen molar-refractivity contribution in [2.24, 2.45) is 0 Å². The Morgan fingerprint density at radius 3 is 2.40 bits per heavy atom. The maximum atomic E-state index is 11.8. The molecule has 0 saturated heterocycles. The highest BCUT2D eigenvalue weighted by Gasteiger charge is 2.27. The lowest BCUT2D eigenvalue weighted by atomic mass is 10.1. The third-order valence-corrected chi connectivity index (χ3v) is 2.65. The minimum absolute atomic E-state index is 0.0287. The zero-order valence-corrected chi connectivity index (χ0v) is 11.7. The molecule has 0 aliphatic rings. The molecule has 6 heteroatoms. The van der Waals surface area contributed by atoms with Crippen molar-refractivity contribution >= 4 is 0 Å². The summed E-state index contributed by atoms with van der Waals surface area (Å²) in [6.07, 6.45) is -4.26. The number of hydrogen-bond acceptors (Lipinski definition) is 3. The summed E-state index contributed by atoms with van der Waals surface area (Å²) in [6, 6.07) is 7.65. The summed E-state index contributed by atoms with van der Waals surface area (Å²) in [5.74, 6) is 0.803. The van der Waals surface area contributed by atoms with Crippen molar-refractivity contribution in [2.45, 2.75) is 26.1 Å². The number of hydrogen-bond donors (Lipinski definition) is 1. The first-order chi connectivity index (χ1) is 9.42. The molecule has 3 nitrogen and oxygen atoms in total.